The van der Waals surface area contributed by atoms with Crippen molar-refractivity contribution in [1.29, 1.82) is 0 Å². The number of halogens is 1. The van der Waals surface area contributed by atoms with E-state index in [9.17, 15) is 9.18 Å². The first-order valence-electron chi connectivity index (χ1n) is 3.83. The maximum Gasteiger partial charge on any atom is 0.151 e. The Labute approximate surface area is 75.5 Å². The van der Waals surface area contributed by atoms with Crippen LogP contribution < -0.4 is 11.5 Å². The van der Waals surface area contributed by atoms with Crippen LogP contribution in [-0.4, -0.2) is 5.78 Å². The Balaban J connectivity index is 3.12. The summed E-state index contributed by atoms with van der Waals surface area (Å²) in [6.45, 7) is 1.31. The average Bonchev–Trinajstić information content (AvgIpc) is 2.08. The number of carbonyl (C=O) groups excluding carboxylic acids is 1. The quantitative estimate of drug-likeness (QED) is 0.670. The van der Waals surface area contributed by atoms with Gasteiger partial charge in [-0.3, -0.25) is 4.79 Å². The van der Waals surface area contributed by atoms with E-state index in [0.717, 1.165) is 0 Å². The second-order valence-corrected chi connectivity index (χ2v) is 2.87. The molecule has 0 bridgehead atoms. The van der Waals surface area contributed by atoms with Crippen molar-refractivity contribution in [3.63, 3.8) is 0 Å². The van der Waals surface area contributed by atoms with Gasteiger partial charge in [0.2, 0.25) is 0 Å². The highest BCUT2D eigenvalue weighted by Crippen LogP contribution is 2.18. The fourth-order valence-corrected chi connectivity index (χ4v) is 1.02. The molecule has 3 nitrogen and oxygen atoms in total. The Morgan fingerprint density at radius 3 is 2.69 bits per heavy atom. The van der Waals surface area contributed by atoms with Gasteiger partial charge in [-0.05, 0) is 25.1 Å². The van der Waals surface area contributed by atoms with Gasteiger partial charge >= 0.3 is 0 Å². The number of nitrogens with two attached hydrogens (primary N) is 2. The highest BCUT2D eigenvalue weighted by molar-refractivity contribution is 5.82. The van der Waals surface area contributed by atoms with Crippen LogP contribution >= 0.6 is 0 Å². The maximum atomic E-state index is 13.1. The summed E-state index contributed by atoms with van der Waals surface area (Å²) < 4.78 is 13.1. The molecule has 1 aromatic carbocycles. The van der Waals surface area contributed by atoms with E-state index in [1.54, 1.807) is 0 Å². The average molecular weight is 182 g/mol. The van der Waals surface area contributed by atoms with Gasteiger partial charge in [0.05, 0.1) is 6.04 Å². The lowest BCUT2D eigenvalue weighted by atomic mass is 10.0. The molecule has 4 N–H and O–H groups in total. The topological polar surface area (TPSA) is 69.1 Å². The fourth-order valence-electron chi connectivity index (χ4n) is 1.02. The summed E-state index contributed by atoms with van der Waals surface area (Å²) in [6.07, 6.45) is 0. The van der Waals surface area contributed by atoms with Gasteiger partial charge < -0.3 is 11.5 Å². The molecule has 0 aromatic heterocycles. The van der Waals surface area contributed by atoms with Crippen molar-refractivity contribution in [2.45, 2.75) is 13.0 Å². The minimum Gasteiger partial charge on any atom is -0.399 e. The number of hydrogen-bond acceptors (Lipinski definition) is 3. The lowest BCUT2D eigenvalue weighted by molar-refractivity contribution is -0.118. The molecule has 0 fully saturated rings. The van der Waals surface area contributed by atoms with Gasteiger partial charge in [-0.2, -0.15) is 0 Å². The summed E-state index contributed by atoms with van der Waals surface area (Å²) in [5.41, 5.74) is 11.4. The molecule has 0 radical (unpaired) electrons. The predicted octanol–water partition coefficient (Wildman–Crippen LogP) is 0.997. The van der Waals surface area contributed by atoms with Gasteiger partial charge in [0.15, 0.2) is 5.78 Å². The molecule has 0 spiro atoms. The van der Waals surface area contributed by atoms with Crippen LogP contribution in [-0.2, 0) is 4.79 Å². The molecule has 0 amide bonds. The van der Waals surface area contributed by atoms with Crippen molar-refractivity contribution in [3.8, 4) is 0 Å². The molecule has 0 heterocycles. The number of anilines is 1. The summed E-state index contributed by atoms with van der Waals surface area (Å²) in [5.74, 6) is -0.790. The SMILES string of the molecule is CC(=O)C(N)c1cc(N)ccc1F. The van der Waals surface area contributed by atoms with Crippen molar-refractivity contribution < 1.29 is 9.18 Å². The Bertz CT molecular complexity index is 338. The van der Waals surface area contributed by atoms with Crippen LogP contribution in [0.5, 0.6) is 0 Å². The van der Waals surface area contributed by atoms with E-state index in [0.29, 0.717) is 5.69 Å². The zero-order chi connectivity index (χ0) is 10.0. The van der Waals surface area contributed by atoms with Crippen LogP contribution in [0.3, 0.4) is 0 Å². The van der Waals surface area contributed by atoms with E-state index in [1.807, 2.05) is 0 Å². The molecule has 0 aliphatic rings. The Kier molecular flexibility index (Phi) is 2.63. The molecule has 1 atom stereocenters. The first-order chi connectivity index (χ1) is 6.02. The third-order valence-electron chi connectivity index (χ3n) is 1.79. The normalized spacial score (nSPS) is 12.5. The number of benzene rings is 1. The minimum absolute atomic E-state index is 0.146. The van der Waals surface area contributed by atoms with E-state index in [2.05, 4.69) is 0 Å². The summed E-state index contributed by atoms with van der Waals surface area (Å²) in [4.78, 5) is 10.9. The van der Waals surface area contributed by atoms with Gasteiger partial charge in [0.1, 0.15) is 5.82 Å². The number of nitrogen functional groups attached to an aromatic ring is 1. The number of Topliss-reactive ketones (excluding diaryl/α,β-unsaturated/α-hetero) is 1. The molecule has 0 aliphatic carbocycles. The fraction of sp³-hybridized carbons (Fsp3) is 0.222. The molecule has 1 aromatic rings. The van der Waals surface area contributed by atoms with Crippen LogP contribution in [0.4, 0.5) is 10.1 Å². The number of ketones is 1. The van der Waals surface area contributed by atoms with Crippen LogP contribution in [0.1, 0.15) is 18.5 Å². The summed E-state index contributed by atoms with van der Waals surface area (Å²) in [5, 5.41) is 0. The molecular weight excluding hydrogens is 171 g/mol. The maximum absolute atomic E-state index is 13.1. The summed E-state index contributed by atoms with van der Waals surface area (Å²) in [6, 6.07) is 3.07. The van der Waals surface area contributed by atoms with Gasteiger partial charge in [-0.25, -0.2) is 4.39 Å². The molecule has 4 heteroatoms. The van der Waals surface area contributed by atoms with Gasteiger partial charge in [0, 0.05) is 11.3 Å². The standard InChI is InChI=1S/C9H11FN2O/c1-5(13)9(12)7-4-6(11)2-3-8(7)10/h2-4,9H,11-12H2,1H3. The van der Waals surface area contributed by atoms with Crippen LogP contribution in [0.2, 0.25) is 0 Å². The summed E-state index contributed by atoms with van der Waals surface area (Å²) in [7, 11) is 0. The van der Waals surface area contributed by atoms with Crippen molar-refractivity contribution in [3.05, 3.63) is 29.6 Å². The Hall–Kier alpha value is -1.42. The van der Waals surface area contributed by atoms with Gasteiger partial charge in [-0.15, -0.1) is 0 Å². The minimum atomic E-state index is -0.927. The number of rotatable bonds is 2. The molecule has 70 valence electrons. The molecular formula is C9H11FN2O. The molecule has 0 saturated heterocycles. The third-order valence-corrected chi connectivity index (χ3v) is 1.79. The van der Waals surface area contributed by atoms with E-state index < -0.39 is 11.9 Å². The highest BCUT2D eigenvalue weighted by atomic mass is 19.1. The van der Waals surface area contributed by atoms with E-state index >= 15 is 0 Å². The van der Waals surface area contributed by atoms with Crippen molar-refractivity contribution in [2.75, 3.05) is 5.73 Å². The molecule has 1 unspecified atom stereocenters. The second-order valence-electron chi connectivity index (χ2n) is 2.87. The van der Waals surface area contributed by atoms with Gasteiger partial charge in [0.25, 0.3) is 0 Å². The van der Waals surface area contributed by atoms with Crippen molar-refractivity contribution in [2.24, 2.45) is 5.73 Å². The largest absolute Gasteiger partial charge is 0.399 e. The lowest BCUT2D eigenvalue weighted by Gasteiger charge is -2.09. The first-order valence-corrected chi connectivity index (χ1v) is 3.83. The molecule has 0 aliphatic heterocycles. The monoisotopic (exact) mass is 182 g/mol. The van der Waals surface area contributed by atoms with Crippen LogP contribution in [0, 0.1) is 5.82 Å². The third kappa shape index (κ3) is 2.03. The predicted molar refractivity (Wildman–Crippen MR) is 48.4 cm³/mol. The molecule has 0 saturated carbocycles. The van der Waals surface area contributed by atoms with Gasteiger partial charge in [-0.1, -0.05) is 0 Å². The number of carbonyl (C=O) groups is 1. The summed E-state index contributed by atoms with van der Waals surface area (Å²) >= 11 is 0. The zero-order valence-corrected chi connectivity index (χ0v) is 7.25. The van der Waals surface area contributed by atoms with E-state index in [-0.39, 0.29) is 11.3 Å². The van der Waals surface area contributed by atoms with E-state index in [1.165, 1.54) is 25.1 Å². The van der Waals surface area contributed by atoms with Crippen molar-refractivity contribution >= 4 is 11.5 Å². The smallest absolute Gasteiger partial charge is 0.151 e. The molecule has 1 rings (SSSR count). The first kappa shape index (κ1) is 9.67. The van der Waals surface area contributed by atoms with Crippen LogP contribution in [0.25, 0.3) is 0 Å². The zero-order valence-electron chi connectivity index (χ0n) is 7.25. The Morgan fingerprint density at radius 2 is 2.15 bits per heavy atom. The highest BCUT2D eigenvalue weighted by Gasteiger charge is 2.15. The molecule has 13 heavy (non-hydrogen) atoms. The van der Waals surface area contributed by atoms with E-state index in [4.69, 9.17) is 11.5 Å². The Morgan fingerprint density at radius 1 is 1.54 bits per heavy atom. The van der Waals surface area contributed by atoms with Crippen LogP contribution in [0.15, 0.2) is 18.2 Å². The van der Waals surface area contributed by atoms with Crippen molar-refractivity contribution in [1.82, 2.24) is 0 Å². The second kappa shape index (κ2) is 3.53. The lowest BCUT2D eigenvalue weighted by Crippen LogP contribution is -2.20. The number of hydrogen-bond donors (Lipinski definition) is 2.